The van der Waals surface area contributed by atoms with E-state index < -0.39 is 0 Å². The number of rotatable bonds is 6. The Hall–Kier alpha value is -2.75. The molecule has 1 atom stereocenters. The lowest BCUT2D eigenvalue weighted by Crippen LogP contribution is -2.27. The smallest absolute Gasteiger partial charge is 0.261 e. The first-order valence-electron chi connectivity index (χ1n) is 8.47. The van der Waals surface area contributed by atoms with Gasteiger partial charge >= 0.3 is 0 Å². The van der Waals surface area contributed by atoms with Crippen molar-refractivity contribution in [2.24, 2.45) is 5.41 Å². The molecule has 0 spiro atoms. The van der Waals surface area contributed by atoms with Crippen LogP contribution in [0.4, 0.5) is 5.69 Å². The van der Waals surface area contributed by atoms with E-state index in [1.165, 1.54) is 0 Å². The van der Waals surface area contributed by atoms with Crippen molar-refractivity contribution in [3.8, 4) is 6.07 Å². The van der Waals surface area contributed by atoms with Crippen molar-refractivity contribution in [2.45, 2.75) is 45.6 Å². The van der Waals surface area contributed by atoms with E-state index in [1.54, 1.807) is 36.6 Å². The van der Waals surface area contributed by atoms with Gasteiger partial charge in [0, 0.05) is 18.8 Å². The third-order valence-corrected chi connectivity index (χ3v) is 5.08. The third kappa shape index (κ3) is 3.38. The molecule has 1 aliphatic rings. The van der Waals surface area contributed by atoms with Crippen LogP contribution in [-0.2, 0) is 0 Å². The van der Waals surface area contributed by atoms with E-state index in [0.717, 1.165) is 31.4 Å². The summed E-state index contributed by atoms with van der Waals surface area (Å²) >= 11 is 0. The van der Waals surface area contributed by atoms with Crippen LogP contribution in [0, 0.1) is 23.7 Å². The Morgan fingerprint density at radius 2 is 2.20 bits per heavy atom. The first-order valence-corrected chi connectivity index (χ1v) is 8.47. The number of aromatic nitrogens is 4. The molecule has 7 nitrogen and oxygen atoms in total. The van der Waals surface area contributed by atoms with Crippen LogP contribution in [0.25, 0.3) is 0 Å². The van der Waals surface area contributed by atoms with Crippen LogP contribution in [0.5, 0.6) is 0 Å². The maximum atomic E-state index is 12.8. The molecule has 0 saturated heterocycles. The number of hydrogen-bond donors (Lipinski definition) is 0. The average molecular weight is 338 g/mol. The molecule has 1 amide bonds. The summed E-state index contributed by atoms with van der Waals surface area (Å²) in [5, 5.41) is 21.2. The summed E-state index contributed by atoms with van der Waals surface area (Å²) in [5.74, 6) is -0.125. The molecule has 130 valence electrons. The van der Waals surface area contributed by atoms with E-state index in [-0.39, 0.29) is 17.4 Å². The van der Waals surface area contributed by atoms with Gasteiger partial charge in [-0.2, -0.15) is 20.6 Å². The van der Waals surface area contributed by atoms with Crippen molar-refractivity contribution in [1.29, 1.82) is 5.26 Å². The van der Waals surface area contributed by atoms with Crippen LogP contribution < -0.4 is 4.90 Å². The fourth-order valence-corrected chi connectivity index (χ4v) is 3.03. The molecule has 25 heavy (non-hydrogen) atoms. The minimum atomic E-state index is -0.125. The summed E-state index contributed by atoms with van der Waals surface area (Å²) < 4.78 is 1.89. The molecule has 0 aromatic carbocycles. The number of carbonyl (C=O) groups excluding carboxylic acids is 1. The second-order valence-corrected chi connectivity index (χ2v) is 6.83. The monoisotopic (exact) mass is 338 g/mol. The Morgan fingerprint density at radius 1 is 1.44 bits per heavy atom. The molecule has 0 N–H and O–H groups in total. The van der Waals surface area contributed by atoms with Gasteiger partial charge < -0.3 is 4.90 Å². The molecule has 0 bridgehead atoms. The number of hydrogen-bond acceptors (Lipinski definition) is 5. The fraction of sp³-hybridized carbons (Fsp3) is 0.500. The summed E-state index contributed by atoms with van der Waals surface area (Å²) in [4.78, 5) is 14.3. The van der Waals surface area contributed by atoms with E-state index >= 15 is 0 Å². The summed E-state index contributed by atoms with van der Waals surface area (Å²) in [6.07, 6.45) is 8.50. The van der Waals surface area contributed by atoms with Gasteiger partial charge in [0.15, 0.2) is 0 Å². The molecule has 1 unspecified atom stereocenters. The lowest BCUT2D eigenvalue weighted by atomic mass is 9.99. The molecule has 1 fully saturated rings. The second-order valence-electron chi connectivity index (χ2n) is 6.83. The van der Waals surface area contributed by atoms with Crippen molar-refractivity contribution in [1.82, 2.24) is 20.0 Å². The molecule has 2 aromatic heterocycles. The van der Waals surface area contributed by atoms with Gasteiger partial charge in [-0.05, 0) is 45.6 Å². The van der Waals surface area contributed by atoms with Crippen molar-refractivity contribution >= 4 is 11.6 Å². The van der Waals surface area contributed by atoms with Crippen molar-refractivity contribution in [3.05, 3.63) is 35.9 Å². The zero-order chi connectivity index (χ0) is 18.0. The molecule has 0 aliphatic heterocycles. The highest BCUT2D eigenvalue weighted by molar-refractivity contribution is 6.06. The van der Waals surface area contributed by atoms with Crippen LogP contribution >= 0.6 is 0 Å². The van der Waals surface area contributed by atoms with E-state index in [4.69, 9.17) is 0 Å². The number of nitrogens with zero attached hydrogens (tertiary/aromatic N) is 6. The Balaban J connectivity index is 1.72. The third-order valence-electron chi connectivity index (χ3n) is 5.08. The van der Waals surface area contributed by atoms with E-state index in [1.807, 2.05) is 11.6 Å². The van der Waals surface area contributed by atoms with Gasteiger partial charge in [-0.3, -0.25) is 9.48 Å². The van der Waals surface area contributed by atoms with Crippen LogP contribution in [0.3, 0.4) is 0 Å². The summed E-state index contributed by atoms with van der Waals surface area (Å²) in [6, 6.07) is 4.32. The van der Waals surface area contributed by atoms with Gasteiger partial charge in [-0.1, -0.05) is 0 Å². The predicted molar refractivity (Wildman–Crippen MR) is 93.0 cm³/mol. The van der Waals surface area contributed by atoms with Crippen molar-refractivity contribution in [2.75, 3.05) is 11.9 Å². The molecule has 1 aliphatic carbocycles. The predicted octanol–water partition coefficient (Wildman–Crippen LogP) is 2.90. The van der Waals surface area contributed by atoms with Gasteiger partial charge in [0.2, 0.25) is 0 Å². The normalized spacial score (nSPS) is 16.1. The summed E-state index contributed by atoms with van der Waals surface area (Å²) in [6.45, 7) is 3.99. The van der Waals surface area contributed by atoms with E-state index in [0.29, 0.717) is 11.3 Å². The van der Waals surface area contributed by atoms with Gasteiger partial charge in [-0.25, -0.2) is 0 Å². The van der Waals surface area contributed by atoms with Gasteiger partial charge in [0.05, 0.1) is 41.3 Å². The zero-order valence-electron chi connectivity index (χ0n) is 14.8. The van der Waals surface area contributed by atoms with E-state index in [9.17, 15) is 10.1 Å². The topological polar surface area (TPSA) is 87.7 Å². The van der Waals surface area contributed by atoms with Crippen molar-refractivity contribution in [3.63, 3.8) is 0 Å². The van der Waals surface area contributed by atoms with Crippen LogP contribution in [-0.4, -0.2) is 32.9 Å². The highest BCUT2D eigenvalue weighted by Gasteiger charge is 2.42. The van der Waals surface area contributed by atoms with E-state index in [2.05, 4.69) is 28.3 Å². The lowest BCUT2D eigenvalue weighted by Gasteiger charge is -2.18. The Bertz CT molecular complexity index is 803. The average Bonchev–Trinajstić information content (AvgIpc) is 3.33. The van der Waals surface area contributed by atoms with Crippen LogP contribution in [0.1, 0.15) is 54.7 Å². The molecular formula is C18H22N6O. The zero-order valence-corrected chi connectivity index (χ0v) is 14.8. The van der Waals surface area contributed by atoms with Gasteiger partial charge in [0.25, 0.3) is 5.91 Å². The highest BCUT2D eigenvalue weighted by atomic mass is 16.2. The molecule has 1 saturated carbocycles. The number of carbonyl (C=O) groups is 1. The maximum Gasteiger partial charge on any atom is 0.261 e. The van der Waals surface area contributed by atoms with Gasteiger partial charge in [0.1, 0.15) is 0 Å². The molecule has 3 rings (SSSR count). The highest BCUT2D eigenvalue weighted by Crippen LogP contribution is 2.49. The van der Waals surface area contributed by atoms with Crippen molar-refractivity contribution < 1.29 is 4.79 Å². The second kappa shape index (κ2) is 6.63. The fourth-order valence-electron chi connectivity index (χ4n) is 3.03. The summed E-state index contributed by atoms with van der Waals surface area (Å²) in [7, 11) is 1.71. The van der Waals surface area contributed by atoms with Gasteiger partial charge in [-0.15, -0.1) is 0 Å². The first-order chi connectivity index (χ1) is 12.0. The number of nitriles is 1. The number of anilines is 1. The lowest BCUT2D eigenvalue weighted by molar-refractivity contribution is 0.0992. The largest absolute Gasteiger partial charge is 0.310 e. The summed E-state index contributed by atoms with van der Waals surface area (Å²) in [5.41, 5.74) is 1.99. The Kier molecular flexibility index (Phi) is 4.53. The minimum absolute atomic E-state index is 0.109. The molecular weight excluding hydrogens is 316 g/mol. The molecule has 7 heteroatoms. The minimum Gasteiger partial charge on any atom is -0.310 e. The standard InChI is InChI=1S/C18H22N6O/c1-13(4-6-18(12-19)7-8-18)24-14(2)16(11-22-24)17(25)23(3)15-5-9-20-21-10-15/h5,9-11,13H,4,6-8H2,1-3H3. The molecule has 2 heterocycles. The molecule has 0 radical (unpaired) electrons. The molecule has 2 aromatic rings. The first kappa shape index (κ1) is 17.1. The van der Waals surface area contributed by atoms with Crippen LogP contribution in [0.15, 0.2) is 24.7 Å². The maximum absolute atomic E-state index is 12.8. The van der Waals surface area contributed by atoms with Crippen LogP contribution in [0.2, 0.25) is 0 Å². The Morgan fingerprint density at radius 3 is 2.80 bits per heavy atom. The number of amides is 1. The SMILES string of the molecule is Cc1c(C(=O)N(C)c2ccnnc2)cnn1C(C)CCC1(C#N)CC1. The Labute approximate surface area is 147 Å². The quantitative estimate of drug-likeness (QED) is 0.808.